The topological polar surface area (TPSA) is 203 Å². The first-order chi connectivity index (χ1) is 28.5. The Morgan fingerprint density at radius 3 is 1.57 bits per heavy atom. The fraction of sp³-hybridized carbons (Fsp3) is 0.500. The molecule has 2 N–H and O–H groups in total. The molecule has 8 rings (SSSR count). The minimum absolute atomic E-state index is 0.0791. The van der Waals surface area contributed by atoms with Crippen LogP contribution >= 0.6 is 0 Å². The number of piperidine rings is 1. The summed E-state index contributed by atoms with van der Waals surface area (Å²) in [5.41, 5.74) is 4.81. The van der Waals surface area contributed by atoms with Crippen LogP contribution in [0.4, 0.5) is 0 Å². The van der Waals surface area contributed by atoms with E-state index in [4.69, 9.17) is 4.74 Å². The van der Waals surface area contributed by atoms with Gasteiger partial charge in [-0.3, -0.25) is 29.3 Å². The van der Waals surface area contributed by atoms with Crippen LogP contribution in [0.5, 0.6) is 0 Å². The lowest BCUT2D eigenvalue weighted by Gasteiger charge is -2.32. The Morgan fingerprint density at radius 1 is 0.700 bits per heavy atom. The van der Waals surface area contributed by atoms with E-state index in [1.165, 1.54) is 32.1 Å². The number of aromatic amines is 2. The highest BCUT2D eigenvalue weighted by molar-refractivity contribution is 5.82. The zero-order valence-electron chi connectivity index (χ0n) is 35.8. The molecule has 16 heteroatoms. The lowest BCUT2D eigenvalue weighted by atomic mass is 9.96. The number of nitrogens with one attached hydrogen (secondary N) is 2. The van der Waals surface area contributed by atoms with Crippen LogP contribution in [0.2, 0.25) is 0 Å². The summed E-state index contributed by atoms with van der Waals surface area (Å²) < 4.78 is 9.26. The number of rotatable bonds is 7. The summed E-state index contributed by atoms with van der Waals surface area (Å²) in [6.07, 6.45) is 9.00. The van der Waals surface area contributed by atoms with Crippen LogP contribution in [-0.2, 0) is 22.6 Å². The van der Waals surface area contributed by atoms with E-state index in [0.29, 0.717) is 43.0 Å². The van der Waals surface area contributed by atoms with Crippen molar-refractivity contribution in [1.82, 2.24) is 43.9 Å². The summed E-state index contributed by atoms with van der Waals surface area (Å²) in [4.78, 5) is 87.7. The first-order valence-electron chi connectivity index (χ1n) is 20.7. The van der Waals surface area contributed by atoms with Gasteiger partial charge in [0.15, 0.2) is 23.0 Å². The number of benzene rings is 2. The number of aryl methyl sites for hydroxylation is 4. The van der Waals surface area contributed by atoms with E-state index in [9.17, 15) is 24.0 Å². The highest BCUT2D eigenvalue weighted by Gasteiger charge is 2.29. The van der Waals surface area contributed by atoms with Crippen molar-refractivity contribution in [3.63, 3.8) is 0 Å². The maximum absolute atomic E-state index is 12.4. The summed E-state index contributed by atoms with van der Waals surface area (Å²) in [5.74, 6) is 0.362. The smallest absolute Gasteiger partial charge is 0.349 e. The van der Waals surface area contributed by atoms with Crippen LogP contribution < -0.4 is 22.5 Å². The molecule has 2 fully saturated rings. The van der Waals surface area contributed by atoms with Crippen molar-refractivity contribution in [2.75, 3.05) is 26.2 Å². The van der Waals surface area contributed by atoms with Gasteiger partial charge in [0.2, 0.25) is 0 Å². The zero-order chi connectivity index (χ0) is 43.3. The fourth-order valence-electron chi connectivity index (χ4n) is 7.63. The third kappa shape index (κ3) is 10.3. The third-order valence-corrected chi connectivity index (χ3v) is 11.1. The van der Waals surface area contributed by atoms with Gasteiger partial charge in [-0.2, -0.15) is 9.97 Å². The molecule has 318 valence electrons. The predicted octanol–water partition coefficient (Wildman–Crippen LogP) is 5.11. The largest absolute Gasteiger partial charge is 0.460 e. The van der Waals surface area contributed by atoms with E-state index >= 15 is 0 Å². The number of fused-ring (bicyclic) bond motifs is 4. The maximum Gasteiger partial charge on any atom is 0.349 e. The lowest BCUT2D eigenvalue weighted by molar-refractivity contribution is -0.161. The second-order valence-corrected chi connectivity index (χ2v) is 16.8. The molecular weight excluding hydrogens is 765 g/mol. The normalized spacial score (nSPS) is 14.8. The van der Waals surface area contributed by atoms with Gasteiger partial charge in [-0.15, -0.1) is 0 Å². The van der Waals surface area contributed by atoms with Crippen LogP contribution in [0, 0.1) is 33.6 Å². The first kappa shape index (κ1) is 43.7. The highest BCUT2D eigenvalue weighted by atomic mass is 16.6. The van der Waals surface area contributed by atoms with E-state index in [-0.39, 0.29) is 29.1 Å². The highest BCUT2D eigenvalue weighted by Crippen LogP contribution is 2.26. The predicted molar refractivity (Wildman–Crippen MR) is 234 cm³/mol. The molecule has 0 bridgehead atoms. The lowest BCUT2D eigenvalue weighted by Crippen LogP contribution is -2.40. The number of esters is 1. The minimum atomic E-state index is -0.678. The Bertz CT molecular complexity index is 2690. The van der Waals surface area contributed by atoms with Crippen LogP contribution in [-0.4, -0.2) is 88.4 Å². The van der Waals surface area contributed by atoms with Gasteiger partial charge in [0.25, 0.3) is 11.1 Å². The first-order valence-corrected chi connectivity index (χ1v) is 20.7. The summed E-state index contributed by atoms with van der Waals surface area (Å²) in [6.45, 7) is 20.9. The minimum Gasteiger partial charge on any atom is -0.460 e. The molecule has 6 aliphatic rings. The molecule has 5 heterocycles. The van der Waals surface area contributed by atoms with Crippen molar-refractivity contribution in [2.45, 2.75) is 112 Å². The van der Waals surface area contributed by atoms with Gasteiger partial charge in [-0.05, 0) is 128 Å². The molecule has 0 atom stereocenters. The summed E-state index contributed by atoms with van der Waals surface area (Å²) in [7, 11) is 0. The van der Waals surface area contributed by atoms with E-state index in [1.807, 2.05) is 77.3 Å². The quantitative estimate of drug-likeness (QED) is 0.123. The van der Waals surface area contributed by atoms with Crippen LogP contribution in [0.25, 0.3) is 45.1 Å². The van der Waals surface area contributed by atoms with Crippen molar-refractivity contribution in [3.05, 3.63) is 88.2 Å². The SMILES string of the molecule is C1CCCC1.C=NCCn1c2nc(=O)[nH]c(=O)c-2nc2cc(C)c(C)cc21.Cc1cc2nc3c(=O)[nH]c(=O)nc-3n(CCN3CCC(C(=O)OC(C)(C)C)CC3)c2cc1C. The van der Waals surface area contributed by atoms with E-state index in [0.717, 1.165) is 59.2 Å². The average Bonchev–Trinajstić information content (AvgIpc) is 3.78. The summed E-state index contributed by atoms with van der Waals surface area (Å²) >= 11 is 0. The molecule has 5 aliphatic heterocycles. The Morgan fingerprint density at radius 2 is 1.13 bits per heavy atom. The number of hydrogen-bond donors (Lipinski definition) is 2. The van der Waals surface area contributed by atoms with Gasteiger partial charge in [0.1, 0.15) is 5.60 Å². The molecule has 2 aromatic carbocycles. The fourth-order valence-corrected chi connectivity index (χ4v) is 7.63. The maximum atomic E-state index is 12.4. The Hall–Kier alpha value is -5.90. The number of aromatic nitrogens is 8. The number of ether oxygens (including phenoxy) is 1. The number of aliphatic imine (C=N–C) groups is 1. The van der Waals surface area contributed by atoms with E-state index in [1.54, 1.807) is 4.57 Å². The van der Waals surface area contributed by atoms with Crippen molar-refractivity contribution in [1.29, 1.82) is 0 Å². The van der Waals surface area contributed by atoms with E-state index in [2.05, 4.69) is 46.5 Å². The van der Waals surface area contributed by atoms with Gasteiger partial charge in [0.05, 0.1) is 34.5 Å². The number of likely N-dealkylation sites (tertiary alicyclic amines) is 1. The van der Waals surface area contributed by atoms with Gasteiger partial charge >= 0.3 is 17.3 Å². The molecule has 0 spiro atoms. The van der Waals surface area contributed by atoms with Gasteiger partial charge in [0, 0.05) is 19.6 Å². The number of carbonyl (C=O) groups excluding carboxylic acids is 1. The molecule has 2 aromatic rings. The Labute approximate surface area is 347 Å². The molecule has 1 saturated heterocycles. The van der Waals surface area contributed by atoms with Crippen molar-refractivity contribution < 1.29 is 9.53 Å². The number of hydrogen-bond acceptors (Lipinski definition) is 12. The number of carbonyl (C=O) groups is 1. The number of nitrogens with zero attached hydrogens (tertiary/aromatic N) is 8. The van der Waals surface area contributed by atoms with Gasteiger partial charge < -0.3 is 18.8 Å². The van der Waals surface area contributed by atoms with Crippen LogP contribution in [0.1, 0.15) is 88.0 Å². The van der Waals surface area contributed by atoms with Crippen LogP contribution in [0.15, 0.2) is 48.4 Å². The monoisotopic (exact) mass is 820 g/mol. The standard InChI is InChI=1S/C24H31N5O4.C15H15N5O2.C5H10/c1-14-12-17-18(13-15(14)2)29(20-19(25-17)21(30)27-23(32)26-20)11-10-28-8-6-16(7-9-28)22(31)33-24(3,4)5;1-8-6-10-11(7-9(8)2)20(5-4-16-3)13-12(17-10)14(21)19-15(22)18-13;1-2-4-5-3-1/h12-13,16H,6-11H2,1-5H3,(H,27,30,32);6-7H,3-5H2,1-2H3,(H,19,21,22);1-5H2. The summed E-state index contributed by atoms with van der Waals surface area (Å²) in [6, 6.07) is 7.89. The Kier molecular flexibility index (Phi) is 13.5. The van der Waals surface area contributed by atoms with Gasteiger partial charge in [-0.1, -0.05) is 32.1 Å². The van der Waals surface area contributed by atoms with Crippen molar-refractivity contribution in [3.8, 4) is 23.0 Å². The molecule has 0 aromatic heterocycles. The zero-order valence-corrected chi connectivity index (χ0v) is 35.8. The molecule has 1 saturated carbocycles. The van der Waals surface area contributed by atoms with Crippen molar-refractivity contribution >= 4 is 34.8 Å². The second kappa shape index (κ2) is 18.6. The summed E-state index contributed by atoms with van der Waals surface area (Å²) in [5, 5.41) is 0. The van der Waals surface area contributed by atoms with E-state index < -0.39 is 28.1 Å². The van der Waals surface area contributed by atoms with Gasteiger partial charge in [-0.25, -0.2) is 19.6 Å². The molecule has 0 radical (unpaired) electrons. The molecule has 16 nitrogen and oxygen atoms in total. The third-order valence-electron chi connectivity index (χ3n) is 11.1. The molecule has 60 heavy (non-hydrogen) atoms. The molecular formula is C44H56N10O6. The Balaban J connectivity index is 0.000000191. The average molecular weight is 821 g/mol. The van der Waals surface area contributed by atoms with Crippen molar-refractivity contribution in [2.24, 2.45) is 10.9 Å². The molecule has 0 unspecified atom stereocenters. The van der Waals surface area contributed by atoms with Crippen LogP contribution in [0.3, 0.4) is 0 Å². The number of H-pyrrole nitrogens is 2. The molecule has 0 amide bonds. The molecule has 1 aliphatic carbocycles. The second-order valence-electron chi connectivity index (χ2n) is 16.8.